The molecule has 0 aliphatic carbocycles. The van der Waals surface area contributed by atoms with Crippen molar-refractivity contribution in [1.82, 2.24) is 5.32 Å². The molecule has 0 aromatic heterocycles. The Kier molecular flexibility index (Phi) is 4.36. The molecule has 0 heterocycles. The molecule has 1 atom stereocenters. The molecule has 0 saturated heterocycles. The molecule has 0 aliphatic rings. The second-order valence-corrected chi connectivity index (χ2v) is 4.16. The molecule has 1 aromatic carbocycles. The van der Waals surface area contributed by atoms with Crippen molar-refractivity contribution in [2.45, 2.75) is 19.9 Å². The lowest BCUT2D eigenvalue weighted by atomic mass is 10.0. The van der Waals surface area contributed by atoms with E-state index in [4.69, 9.17) is 5.11 Å². The van der Waals surface area contributed by atoms with E-state index in [0.29, 0.717) is 0 Å². The number of hydrogen-bond acceptors (Lipinski definition) is 2. The van der Waals surface area contributed by atoms with Crippen molar-refractivity contribution in [1.29, 1.82) is 0 Å². The van der Waals surface area contributed by atoms with E-state index in [0.717, 1.165) is 18.2 Å². The molecule has 1 amide bonds. The number of carbonyl (C=O) groups is 2. The summed E-state index contributed by atoms with van der Waals surface area (Å²) in [5.41, 5.74) is -0.512. The Labute approximate surface area is 103 Å². The summed E-state index contributed by atoms with van der Waals surface area (Å²) >= 11 is 0. The maximum absolute atomic E-state index is 13.3. The predicted octanol–water partition coefficient (Wildman–Crippen LogP) is 1.80. The van der Waals surface area contributed by atoms with Gasteiger partial charge in [0.2, 0.25) is 0 Å². The lowest BCUT2D eigenvalue weighted by Crippen LogP contribution is -2.44. The molecule has 0 aliphatic heterocycles. The highest BCUT2D eigenvalue weighted by molar-refractivity contribution is 5.96. The Morgan fingerprint density at radius 2 is 1.89 bits per heavy atom. The zero-order valence-corrected chi connectivity index (χ0v) is 9.91. The maximum atomic E-state index is 13.3. The first-order valence-corrected chi connectivity index (χ1v) is 5.31. The van der Waals surface area contributed by atoms with Gasteiger partial charge in [0.15, 0.2) is 0 Å². The number of carbonyl (C=O) groups excluding carboxylic acids is 1. The van der Waals surface area contributed by atoms with Gasteiger partial charge in [-0.05, 0) is 24.1 Å². The average molecular weight is 257 g/mol. The van der Waals surface area contributed by atoms with E-state index in [9.17, 15) is 18.4 Å². The van der Waals surface area contributed by atoms with Crippen LogP contribution in [0.2, 0.25) is 0 Å². The van der Waals surface area contributed by atoms with Crippen LogP contribution in [0.3, 0.4) is 0 Å². The summed E-state index contributed by atoms with van der Waals surface area (Å²) in [6, 6.07) is 1.27. The number of hydrogen-bond donors (Lipinski definition) is 2. The maximum Gasteiger partial charge on any atom is 0.326 e. The third kappa shape index (κ3) is 3.26. The number of amides is 1. The van der Waals surface area contributed by atoms with Gasteiger partial charge in [-0.2, -0.15) is 0 Å². The zero-order valence-electron chi connectivity index (χ0n) is 9.91. The van der Waals surface area contributed by atoms with Crippen LogP contribution in [0.5, 0.6) is 0 Å². The topological polar surface area (TPSA) is 66.4 Å². The molecule has 0 radical (unpaired) electrons. The van der Waals surface area contributed by atoms with Gasteiger partial charge < -0.3 is 10.4 Å². The lowest BCUT2D eigenvalue weighted by molar-refractivity contribution is -0.140. The number of benzene rings is 1. The van der Waals surface area contributed by atoms with Gasteiger partial charge in [0.25, 0.3) is 5.91 Å². The summed E-state index contributed by atoms with van der Waals surface area (Å²) in [4.78, 5) is 22.5. The zero-order chi connectivity index (χ0) is 13.9. The molecule has 0 bridgehead atoms. The molecule has 1 aromatic rings. The molecule has 4 nitrogen and oxygen atoms in total. The van der Waals surface area contributed by atoms with E-state index < -0.39 is 35.1 Å². The van der Waals surface area contributed by atoms with Crippen molar-refractivity contribution in [3.8, 4) is 0 Å². The standard InChI is InChI=1S/C12H13F2NO3/c1-6(2)10(12(17)18)15-11(16)8-5-7(13)3-4-9(8)14/h3-6,10H,1-2H3,(H,15,16)(H,17,18). The van der Waals surface area contributed by atoms with E-state index in [1.807, 2.05) is 0 Å². The Morgan fingerprint density at radius 3 is 2.39 bits per heavy atom. The van der Waals surface area contributed by atoms with Crippen LogP contribution in [-0.2, 0) is 4.79 Å². The highest BCUT2D eigenvalue weighted by Gasteiger charge is 2.25. The number of halogens is 2. The summed E-state index contributed by atoms with van der Waals surface area (Å²) in [7, 11) is 0. The quantitative estimate of drug-likeness (QED) is 0.864. The first-order valence-electron chi connectivity index (χ1n) is 5.31. The van der Waals surface area contributed by atoms with Crippen LogP contribution >= 0.6 is 0 Å². The van der Waals surface area contributed by atoms with Crippen LogP contribution in [0.4, 0.5) is 8.78 Å². The van der Waals surface area contributed by atoms with E-state index in [2.05, 4.69) is 5.32 Å². The Morgan fingerprint density at radius 1 is 1.28 bits per heavy atom. The van der Waals surface area contributed by atoms with Gasteiger partial charge in [0.05, 0.1) is 5.56 Å². The largest absolute Gasteiger partial charge is 0.480 e. The third-order valence-electron chi connectivity index (χ3n) is 2.39. The van der Waals surface area contributed by atoms with Crippen molar-refractivity contribution in [3.05, 3.63) is 35.4 Å². The summed E-state index contributed by atoms with van der Waals surface area (Å²) in [5.74, 6) is -4.22. The van der Waals surface area contributed by atoms with Gasteiger partial charge in [-0.1, -0.05) is 13.8 Å². The van der Waals surface area contributed by atoms with Gasteiger partial charge in [0.1, 0.15) is 17.7 Å². The van der Waals surface area contributed by atoms with Crippen LogP contribution in [0.25, 0.3) is 0 Å². The fraction of sp³-hybridized carbons (Fsp3) is 0.333. The van der Waals surface area contributed by atoms with E-state index in [1.54, 1.807) is 13.8 Å². The lowest BCUT2D eigenvalue weighted by Gasteiger charge is -2.18. The molecule has 2 N–H and O–H groups in total. The predicted molar refractivity (Wildman–Crippen MR) is 60.1 cm³/mol. The van der Waals surface area contributed by atoms with Crippen LogP contribution in [0.15, 0.2) is 18.2 Å². The van der Waals surface area contributed by atoms with Gasteiger partial charge in [-0.15, -0.1) is 0 Å². The summed E-state index contributed by atoms with van der Waals surface area (Å²) < 4.78 is 26.2. The van der Waals surface area contributed by atoms with Crippen molar-refractivity contribution < 1.29 is 23.5 Å². The molecule has 0 spiro atoms. The SMILES string of the molecule is CC(C)C(NC(=O)c1cc(F)ccc1F)C(=O)O. The molecule has 1 unspecified atom stereocenters. The molecule has 18 heavy (non-hydrogen) atoms. The first-order chi connectivity index (χ1) is 8.32. The van der Waals surface area contributed by atoms with Gasteiger partial charge in [-0.25, -0.2) is 13.6 Å². The van der Waals surface area contributed by atoms with Crippen molar-refractivity contribution in [2.24, 2.45) is 5.92 Å². The Balaban J connectivity index is 2.94. The van der Waals surface area contributed by atoms with Crippen LogP contribution < -0.4 is 5.32 Å². The first kappa shape index (κ1) is 14.1. The molecule has 98 valence electrons. The fourth-order valence-corrected chi connectivity index (χ4v) is 1.40. The average Bonchev–Trinajstić information content (AvgIpc) is 2.28. The highest BCUT2D eigenvalue weighted by Crippen LogP contribution is 2.11. The number of rotatable bonds is 4. The summed E-state index contributed by atoms with van der Waals surface area (Å²) in [5, 5.41) is 11.0. The molecular weight excluding hydrogens is 244 g/mol. The van der Waals surface area contributed by atoms with E-state index in [1.165, 1.54) is 0 Å². The van der Waals surface area contributed by atoms with Crippen LogP contribution in [0.1, 0.15) is 24.2 Å². The monoisotopic (exact) mass is 257 g/mol. The molecule has 0 fully saturated rings. The number of carboxylic acids is 1. The van der Waals surface area contributed by atoms with Crippen molar-refractivity contribution in [2.75, 3.05) is 0 Å². The van der Waals surface area contributed by atoms with Crippen molar-refractivity contribution >= 4 is 11.9 Å². The number of nitrogens with one attached hydrogen (secondary N) is 1. The molecular formula is C12H13F2NO3. The van der Waals surface area contributed by atoms with E-state index in [-0.39, 0.29) is 5.92 Å². The molecule has 0 saturated carbocycles. The van der Waals surface area contributed by atoms with Gasteiger partial charge in [-0.3, -0.25) is 4.79 Å². The van der Waals surface area contributed by atoms with Crippen molar-refractivity contribution in [3.63, 3.8) is 0 Å². The third-order valence-corrected chi connectivity index (χ3v) is 2.39. The highest BCUT2D eigenvalue weighted by atomic mass is 19.1. The number of carboxylic acid groups (broad SMARTS) is 1. The second-order valence-electron chi connectivity index (χ2n) is 4.16. The minimum absolute atomic E-state index is 0.372. The number of aliphatic carboxylic acids is 1. The molecule has 1 rings (SSSR count). The summed E-state index contributed by atoms with van der Waals surface area (Å²) in [6.07, 6.45) is 0. The van der Waals surface area contributed by atoms with Crippen LogP contribution in [0, 0.1) is 17.6 Å². The van der Waals surface area contributed by atoms with Gasteiger partial charge >= 0.3 is 5.97 Å². The van der Waals surface area contributed by atoms with Crippen LogP contribution in [-0.4, -0.2) is 23.0 Å². The van der Waals surface area contributed by atoms with Gasteiger partial charge in [0, 0.05) is 0 Å². The van der Waals surface area contributed by atoms with E-state index >= 15 is 0 Å². The second kappa shape index (κ2) is 5.57. The minimum Gasteiger partial charge on any atom is -0.480 e. The Bertz CT molecular complexity index is 474. The normalized spacial score (nSPS) is 12.3. The molecule has 6 heteroatoms. The summed E-state index contributed by atoms with van der Waals surface area (Å²) in [6.45, 7) is 3.20. The fourth-order valence-electron chi connectivity index (χ4n) is 1.40. The smallest absolute Gasteiger partial charge is 0.326 e. The Hall–Kier alpha value is -1.98. The minimum atomic E-state index is -1.23.